The van der Waals surface area contributed by atoms with Crippen LogP contribution >= 0.6 is 0 Å². The number of halogens is 1. The van der Waals surface area contributed by atoms with E-state index >= 15 is 0 Å². The molecule has 0 amide bonds. The van der Waals surface area contributed by atoms with E-state index in [1.807, 2.05) is 0 Å². The molecule has 0 bridgehead atoms. The molecule has 0 aromatic rings. The van der Waals surface area contributed by atoms with Crippen molar-refractivity contribution in [2.45, 2.75) is 0 Å². The Morgan fingerprint density at radius 3 is 1.43 bits per heavy atom. The molecule has 0 aliphatic heterocycles. The summed E-state index contributed by atoms with van der Waals surface area (Å²) in [4.78, 5) is 0. The van der Waals surface area contributed by atoms with Gasteiger partial charge in [-0.2, -0.15) is 8.42 Å². The standard InChI is InChI=1S/CH4O3S.FH.Nd/c1-5(2,3)4;;/h1H3,(H,2,3,4);1H;. The second-order valence-electron chi connectivity index (χ2n) is 0.733. The first kappa shape index (κ1) is 15.7. The van der Waals surface area contributed by atoms with Crippen LogP contribution in [0.25, 0.3) is 0 Å². The summed E-state index contributed by atoms with van der Waals surface area (Å²) in [6, 6.07) is 0. The maximum absolute atomic E-state index is 9.19. The maximum Gasteiger partial charge on any atom is 0.261 e. The van der Waals surface area contributed by atoms with Crippen LogP contribution in [0.4, 0.5) is 4.70 Å². The van der Waals surface area contributed by atoms with Gasteiger partial charge in [-0.05, 0) is 0 Å². The summed E-state index contributed by atoms with van der Waals surface area (Å²) in [6.07, 6.45) is 0.715. The summed E-state index contributed by atoms with van der Waals surface area (Å²) >= 11 is 0. The molecule has 0 unspecified atom stereocenters. The first-order chi connectivity index (χ1) is 2.00. The largest absolute Gasteiger partial charge is 0.286 e. The van der Waals surface area contributed by atoms with Crippen LogP contribution in [0, 0.1) is 40.8 Å². The van der Waals surface area contributed by atoms with Gasteiger partial charge in [-0.15, -0.1) is 0 Å². The molecule has 7 heavy (non-hydrogen) atoms. The SMILES string of the molecule is CS(=O)(=O)O.F.[Nd]. The number of hydrogen-bond donors (Lipinski definition) is 1. The Morgan fingerprint density at radius 2 is 1.43 bits per heavy atom. The van der Waals surface area contributed by atoms with E-state index in [1.54, 1.807) is 0 Å². The van der Waals surface area contributed by atoms with Crippen LogP contribution in [-0.2, 0) is 10.1 Å². The van der Waals surface area contributed by atoms with Crippen molar-refractivity contribution >= 4 is 10.1 Å². The topological polar surface area (TPSA) is 54.4 Å². The third-order valence-electron chi connectivity index (χ3n) is 0. The van der Waals surface area contributed by atoms with Gasteiger partial charge in [0.05, 0.1) is 6.26 Å². The predicted octanol–water partition coefficient (Wildman–Crippen LogP) is -0.343. The van der Waals surface area contributed by atoms with Crippen molar-refractivity contribution in [3.05, 3.63) is 0 Å². The number of rotatable bonds is 0. The Bertz CT molecular complexity index is 98.1. The van der Waals surface area contributed by atoms with Gasteiger partial charge < -0.3 is 0 Å². The quantitative estimate of drug-likeness (QED) is 0.606. The molecule has 3 nitrogen and oxygen atoms in total. The zero-order chi connectivity index (χ0) is 4.50. The van der Waals surface area contributed by atoms with E-state index in [2.05, 4.69) is 0 Å². The number of hydrogen-bond acceptors (Lipinski definition) is 2. The zero-order valence-corrected chi connectivity index (χ0v) is 7.60. The molecular formula is CH5FNdO3S. The van der Waals surface area contributed by atoms with E-state index in [9.17, 15) is 8.42 Å². The molecule has 6 heteroatoms. The molecule has 0 aromatic carbocycles. The van der Waals surface area contributed by atoms with Crippen LogP contribution in [-0.4, -0.2) is 19.2 Å². The Kier molecular flexibility index (Phi) is 12.0. The zero-order valence-electron chi connectivity index (χ0n) is 3.58. The third kappa shape index (κ3) is 137. The minimum Gasteiger partial charge on any atom is -0.286 e. The van der Waals surface area contributed by atoms with Crippen molar-refractivity contribution in [2.75, 3.05) is 6.26 Å². The molecule has 0 saturated carbocycles. The van der Waals surface area contributed by atoms with E-state index in [1.165, 1.54) is 0 Å². The van der Waals surface area contributed by atoms with Crippen molar-refractivity contribution in [3.8, 4) is 0 Å². The van der Waals surface area contributed by atoms with Crippen molar-refractivity contribution < 1.29 is 58.5 Å². The van der Waals surface area contributed by atoms with Crippen LogP contribution < -0.4 is 0 Å². The maximum atomic E-state index is 9.19. The summed E-state index contributed by atoms with van der Waals surface area (Å²) in [6.45, 7) is 0. The summed E-state index contributed by atoms with van der Waals surface area (Å²) < 4.78 is 25.9. The van der Waals surface area contributed by atoms with Gasteiger partial charge in [-0.25, -0.2) is 0 Å². The monoisotopic (exact) mass is 258 g/mol. The van der Waals surface area contributed by atoms with Crippen molar-refractivity contribution in [3.63, 3.8) is 0 Å². The molecule has 0 fully saturated rings. The van der Waals surface area contributed by atoms with E-state index in [0.717, 1.165) is 0 Å². The molecule has 0 aromatic heterocycles. The fourth-order valence-electron chi connectivity index (χ4n) is 0. The van der Waals surface area contributed by atoms with Crippen molar-refractivity contribution in [1.29, 1.82) is 0 Å². The molecule has 0 heterocycles. The van der Waals surface area contributed by atoms with Gasteiger partial charge in [0.15, 0.2) is 0 Å². The molecule has 0 spiro atoms. The van der Waals surface area contributed by atoms with Crippen molar-refractivity contribution in [1.82, 2.24) is 0 Å². The average molecular weight is 260 g/mol. The molecular weight excluding hydrogens is 255 g/mol. The van der Waals surface area contributed by atoms with Crippen LogP contribution in [0.3, 0.4) is 0 Å². The Labute approximate surface area is 74.1 Å². The Balaban J connectivity index is -0.0000000800. The van der Waals surface area contributed by atoms with Gasteiger partial charge >= 0.3 is 0 Å². The van der Waals surface area contributed by atoms with Crippen molar-refractivity contribution in [2.24, 2.45) is 0 Å². The second kappa shape index (κ2) is 5.33. The third-order valence-corrected chi connectivity index (χ3v) is 0. The molecule has 44 valence electrons. The minimum atomic E-state index is -3.67. The smallest absolute Gasteiger partial charge is 0.261 e. The van der Waals surface area contributed by atoms with Crippen LogP contribution in [0.2, 0.25) is 0 Å². The van der Waals surface area contributed by atoms with Gasteiger partial charge in [-0.3, -0.25) is 9.26 Å². The molecule has 1 N–H and O–H groups in total. The summed E-state index contributed by atoms with van der Waals surface area (Å²) in [5, 5.41) is 0. The first-order valence-corrected chi connectivity index (χ1v) is 2.77. The minimum absolute atomic E-state index is 0. The summed E-state index contributed by atoms with van der Waals surface area (Å²) in [5.41, 5.74) is 0. The van der Waals surface area contributed by atoms with E-state index < -0.39 is 10.1 Å². The summed E-state index contributed by atoms with van der Waals surface area (Å²) in [7, 11) is -3.67. The Morgan fingerprint density at radius 1 is 1.43 bits per heavy atom. The van der Waals surface area contributed by atoms with Crippen LogP contribution in [0.5, 0.6) is 0 Å². The van der Waals surface area contributed by atoms with Gasteiger partial charge in [0.2, 0.25) is 0 Å². The molecule has 0 aliphatic rings. The molecule has 0 aliphatic carbocycles. The second-order valence-corrected chi connectivity index (χ2v) is 2.20. The van der Waals surface area contributed by atoms with Crippen LogP contribution in [0.1, 0.15) is 0 Å². The van der Waals surface area contributed by atoms with Gasteiger partial charge in [-0.1, -0.05) is 0 Å². The first-order valence-electron chi connectivity index (χ1n) is 0.924. The molecule has 0 atom stereocenters. The predicted molar refractivity (Wildman–Crippen MR) is 20.0 cm³/mol. The molecule has 0 saturated heterocycles. The van der Waals surface area contributed by atoms with E-state index in [-0.39, 0.29) is 45.5 Å². The fourth-order valence-corrected chi connectivity index (χ4v) is 0. The van der Waals surface area contributed by atoms with Gasteiger partial charge in [0.1, 0.15) is 0 Å². The molecule has 0 radical (unpaired) electrons. The van der Waals surface area contributed by atoms with Gasteiger partial charge in [0.25, 0.3) is 10.1 Å². The van der Waals surface area contributed by atoms with Gasteiger partial charge in [0, 0.05) is 40.8 Å². The van der Waals surface area contributed by atoms with Crippen LogP contribution in [0.15, 0.2) is 0 Å². The summed E-state index contributed by atoms with van der Waals surface area (Å²) in [5.74, 6) is 0. The van der Waals surface area contributed by atoms with E-state index in [0.29, 0.717) is 6.26 Å². The average Bonchev–Trinajstić information content (AvgIpc) is 0.722. The molecule has 0 rings (SSSR count). The fraction of sp³-hybridized carbons (Fsp3) is 1.00. The van der Waals surface area contributed by atoms with E-state index in [4.69, 9.17) is 4.55 Å². The Hall–Kier alpha value is 1.19. The normalized spacial score (nSPS) is 8.29.